The summed E-state index contributed by atoms with van der Waals surface area (Å²) in [7, 11) is 0. The Hall–Kier alpha value is -0.960. The highest BCUT2D eigenvalue weighted by molar-refractivity contribution is 5.19. The summed E-state index contributed by atoms with van der Waals surface area (Å²) in [4.78, 5) is 8.76. The summed E-state index contributed by atoms with van der Waals surface area (Å²) in [6.45, 7) is 3.68. The molecule has 0 aromatic carbocycles. The summed E-state index contributed by atoms with van der Waals surface area (Å²) in [6.07, 6.45) is 5.03. The number of nitrogens with zero attached hydrogens (tertiary/aromatic N) is 2. The molecule has 2 rings (SSSR count). The molecule has 1 aromatic rings. The Labute approximate surface area is 84.2 Å². The van der Waals surface area contributed by atoms with Crippen molar-refractivity contribution in [1.29, 1.82) is 0 Å². The second kappa shape index (κ2) is 3.65. The zero-order valence-corrected chi connectivity index (χ0v) is 8.70. The highest BCUT2D eigenvalue weighted by Crippen LogP contribution is 2.34. The van der Waals surface area contributed by atoms with Crippen molar-refractivity contribution in [1.82, 2.24) is 9.97 Å². The van der Waals surface area contributed by atoms with Gasteiger partial charge < -0.3 is 5.11 Å². The normalized spacial score (nSPS) is 19.1. The summed E-state index contributed by atoms with van der Waals surface area (Å²) in [6, 6.07) is 0. The Kier molecular flexibility index (Phi) is 2.50. The fourth-order valence-corrected chi connectivity index (χ4v) is 1.77. The molecular formula is C11H16N2O. The van der Waals surface area contributed by atoms with E-state index < -0.39 is 6.10 Å². The van der Waals surface area contributed by atoms with E-state index in [0.29, 0.717) is 5.92 Å². The highest BCUT2D eigenvalue weighted by atomic mass is 16.3. The topological polar surface area (TPSA) is 46.0 Å². The minimum atomic E-state index is -0.467. The summed E-state index contributed by atoms with van der Waals surface area (Å²) < 4.78 is 0. The lowest BCUT2D eigenvalue weighted by molar-refractivity contribution is 0.197. The van der Waals surface area contributed by atoms with E-state index >= 15 is 0 Å². The third-order valence-corrected chi connectivity index (χ3v) is 2.96. The van der Waals surface area contributed by atoms with Gasteiger partial charge >= 0.3 is 0 Å². The molecule has 0 bridgehead atoms. The quantitative estimate of drug-likeness (QED) is 0.780. The molecule has 76 valence electrons. The lowest BCUT2D eigenvalue weighted by Crippen LogP contribution is -2.14. The molecule has 1 aliphatic carbocycles. The van der Waals surface area contributed by atoms with E-state index in [4.69, 9.17) is 0 Å². The molecule has 0 unspecified atom stereocenters. The molecule has 1 heterocycles. The molecular weight excluding hydrogens is 176 g/mol. The maximum atomic E-state index is 9.43. The van der Waals surface area contributed by atoms with E-state index in [1.807, 2.05) is 6.92 Å². The third kappa shape index (κ3) is 1.64. The fourth-order valence-electron chi connectivity index (χ4n) is 1.77. The number of aliphatic hydroxyl groups is 1. The van der Waals surface area contributed by atoms with Crippen LogP contribution in [0.5, 0.6) is 0 Å². The first-order valence-corrected chi connectivity index (χ1v) is 5.20. The molecule has 0 spiro atoms. The number of aromatic nitrogens is 2. The predicted molar refractivity (Wildman–Crippen MR) is 54.0 cm³/mol. The molecule has 1 fully saturated rings. The van der Waals surface area contributed by atoms with Gasteiger partial charge in [-0.1, -0.05) is 6.42 Å². The number of hydrogen-bond donors (Lipinski definition) is 1. The predicted octanol–water partition coefficient (Wildman–Crippen LogP) is 2.11. The van der Waals surface area contributed by atoms with Crippen molar-refractivity contribution in [3.8, 4) is 0 Å². The molecule has 0 radical (unpaired) electrons. The van der Waals surface area contributed by atoms with Gasteiger partial charge in [-0.25, -0.2) is 9.97 Å². The van der Waals surface area contributed by atoms with Crippen LogP contribution in [0, 0.1) is 6.92 Å². The fraction of sp³-hybridized carbons (Fsp3) is 0.636. The largest absolute Gasteiger partial charge is 0.389 e. The molecule has 1 N–H and O–H groups in total. The van der Waals surface area contributed by atoms with Crippen LogP contribution in [0.1, 0.15) is 55.3 Å². The molecule has 1 aromatic heterocycles. The van der Waals surface area contributed by atoms with Gasteiger partial charge in [-0.2, -0.15) is 0 Å². The minimum absolute atomic E-state index is 0.467. The van der Waals surface area contributed by atoms with Crippen molar-refractivity contribution in [3.05, 3.63) is 23.3 Å². The Morgan fingerprint density at radius 2 is 2.21 bits per heavy atom. The van der Waals surface area contributed by atoms with E-state index in [2.05, 4.69) is 9.97 Å². The number of hydrogen-bond acceptors (Lipinski definition) is 3. The Morgan fingerprint density at radius 3 is 2.64 bits per heavy atom. The molecule has 3 heteroatoms. The van der Waals surface area contributed by atoms with Gasteiger partial charge in [0.1, 0.15) is 5.82 Å². The highest BCUT2D eigenvalue weighted by Gasteiger charge is 2.22. The van der Waals surface area contributed by atoms with Crippen molar-refractivity contribution >= 4 is 0 Å². The molecule has 1 aliphatic rings. The summed E-state index contributed by atoms with van der Waals surface area (Å²) >= 11 is 0. The maximum Gasteiger partial charge on any atom is 0.131 e. The molecule has 0 saturated heterocycles. The van der Waals surface area contributed by atoms with E-state index in [0.717, 1.165) is 17.1 Å². The molecule has 0 amide bonds. The first-order valence-electron chi connectivity index (χ1n) is 5.20. The van der Waals surface area contributed by atoms with Crippen LogP contribution < -0.4 is 0 Å². The summed E-state index contributed by atoms with van der Waals surface area (Å²) in [5, 5.41) is 9.43. The standard InChI is InChI=1S/C11H16N2O/c1-7-10(8(2)14)6-12-11(13-7)9-4-3-5-9/h6,8-9,14H,3-5H2,1-2H3/t8-/m1/s1. The maximum absolute atomic E-state index is 9.43. The lowest BCUT2D eigenvalue weighted by atomic mass is 9.85. The number of aryl methyl sites for hydroxylation is 1. The number of rotatable bonds is 2. The van der Waals surface area contributed by atoms with Gasteiger partial charge in [0, 0.05) is 23.4 Å². The van der Waals surface area contributed by atoms with Crippen molar-refractivity contribution in [3.63, 3.8) is 0 Å². The SMILES string of the molecule is Cc1nc(C2CCC2)ncc1[C@@H](C)O. The van der Waals surface area contributed by atoms with Gasteiger partial charge in [-0.3, -0.25) is 0 Å². The number of aliphatic hydroxyl groups excluding tert-OH is 1. The van der Waals surface area contributed by atoms with Crippen molar-refractivity contribution in [2.75, 3.05) is 0 Å². The third-order valence-electron chi connectivity index (χ3n) is 2.96. The second-order valence-corrected chi connectivity index (χ2v) is 4.07. The minimum Gasteiger partial charge on any atom is -0.389 e. The van der Waals surface area contributed by atoms with Crippen LogP contribution in [0.25, 0.3) is 0 Å². The second-order valence-electron chi connectivity index (χ2n) is 4.07. The van der Waals surface area contributed by atoms with E-state index in [9.17, 15) is 5.11 Å². The molecule has 1 saturated carbocycles. The summed E-state index contributed by atoms with van der Waals surface area (Å²) in [5.41, 5.74) is 1.75. The van der Waals surface area contributed by atoms with Gasteiger partial charge in [-0.05, 0) is 26.7 Å². The first kappa shape index (κ1) is 9.59. The Bertz CT molecular complexity index is 332. The van der Waals surface area contributed by atoms with Crippen LogP contribution in [0.15, 0.2) is 6.20 Å². The lowest BCUT2D eigenvalue weighted by Gasteiger charge is -2.24. The van der Waals surface area contributed by atoms with Crippen LogP contribution in [0.2, 0.25) is 0 Å². The molecule has 3 nitrogen and oxygen atoms in total. The Morgan fingerprint density at radius 1 is 1.50 bits per heavy atom. The van der Waals surface area contributed by atoms with Crippen LogP contribution in [0.4, 0.5) is 0 Å². The van der Waals surface area contributed by atoms with Crippen LogP contribution >= 0.6 is 0 Å². The van der Waals surface area contributed by atoms with Crippen molar-refractivity contribution in [2.24, 2.45) is 0 Å². The van der Waals surface area contributed by atoms with Crippen molar-refractivity contribution in [2.45, 2.75) is 45.1 Å². The van der Waals surface area contributed by atoms with Crippen LogP contribution in [0.3, 0.4) is 0 Å². The monoisotopic (exact) mass is 192 g/mol. The van der Waals surface area contributed by atoms with Gasteiger partial charge in [-0.15, -0.1) is 0 Å². The average molecular weight is 192 g/mol. The van der Waals surface area contributed by atoms with E-state index in [-0.39, 0.29) is 0 Å². The first-order chi connectivity index (χ1) is 6.68. The zero-order chi connectivity index (χ0) is 10.1. The summed E-state index contributed by atoms with van der Waals surface area (Å²) in [5.74, 6) is 1.52. The molecule has 1 atom stereocenters. The molecule has 0 aliphatic heterocycles. The van der Waals surface area contributed by atoms with E-state index in [1.165, 1.54) is 19.3 Å². The van der Waals surface area contributed by atoms with Gasteiger partial charge in [0.15, 0.2) is 0 Å². The zero-order valence-electron chi connectivity index (χ0n) is 8.70. The molecule has 14 heavy (non-hydrogen) atoms. The van der Waals surface area contributed by atoms with Crippen molar-refractivity contribution < 1.29 is 5.11 Å². The van der Waals surface area contributed by atoms with Gasteiger partial charge in [0.05, 0.1) is 6.10 Å². The van der Waals surface area contributed by atoms with Crippen LogP contribution in [-0.2, 0) is 0 Å². The van der Waals surface area contributed by atoms with E-state index in [1.54, 1.807) is 13.1 Å². The van der Waals surface area contributed by atoms with Gasteiger partial charge in [0.25, 0.3) is 0 Å². The smallest absolute Gasteiger partial charge is 0.131 e. The van der Waals surface area contributed by atoms with Crippen LogP contribution in [-0.4, -0.2) is 15.1 Å². The van der Waals surface area contributed by atoms with Gasteiger partial charge in [0.2, 0.25) is 0 Å². The average Bonchev–Trinajstić information content (AvgIpc) is 2.00. The Balaban J connectivity index is 2.25.